The lowest BCUT2D eigenvalue weighted by Gasteiger charge is -2.35. The van der Waals surface area contributed by atoms with Gasteiger partial charge in [-0.3, -0.25) is 9.69 Å². The molecule has 2 aliphatic heterocycles. The Kier molecular flexibility index (Phi) is 11.2. The molecule has 2 N–H and O–H groups in total. The van der Waals surface area contributed by atoms with Crippen LogP contribution in [0.3, 0.4) is 0 Å². The van der Waals surface area contributed by atoms with E-state index in [-0.39, 0.29) is 17.2 Å². The average Bonchev–Trinajstić information content (AvgIpc) is 2.98. The summed E-state index contributed by atoms with van der Waals surface area (Å²) in [4.78, 5) is 19.1. The molecule has 1 amide bonds. The van der Waals surface area contributed by atoms with Crippen LogP contribution in [0.15, 0.2) is 47.4 Å². The van der Waals surface area contributed by atoms with Gasteiger partial charge in [-0.15, -0.1) is 0 Å². The van der Waals surface area contributed by atoms with Gasteiger partial charge in [0.15, 0.2) is 6.61 Å². The fourth-order valence-electron chi connectivity index (χ4n) is 5.43. The van der Waals surface area contributed by atoms with Crippen LogP contribution in [-0.2, 0) is 27.8 Å². The van der Waals surface area contributed by atoms with Gasteiger partial charge in [0.1, 0.15) is 16.7 Å². The van der Waals surface area contributed by atoms with Crippen molar-refractivity contribution in [2.75, 3.05) is 78.5 Å². The normalized spacial score (nSPS) is 18.1. The van der Waals surface area contributed by atoms with Crippen LogP contribution in [0.5, 0.6) is 5.75 Å². The third-order valence-corrected chi connectivity index (χ3v) is 10.00. The van der Waals surface area contributed by atoms with Crippen LogP contribution in [0.25, 0.3) is 0 Å². The zero-order chi connectivity index (χ0) is 32.1. The van der Waals surface area contributed by atoms with Gasteiger partial charge >= 0.3 is 6.18 Å². The largest absolute Gasteiger partial charge is 0.482 e. The predicted octanol–water partition coefficient (Wildman–Crippen LogP) is 2.15. The minimum Gasteiger partial charge on any atom is -0.482 e. The highest BCUT2D eigenvalue weighted by Gasteiger charge is 2.37. The third-order valence-electron chi connectivity index (χ3n) is 8.11. The first-order valence-corrected chi connectivity index (χ1v) is 16.2. The molecule has 2 heterocycles. The molecule has 4 rings (SSSR count). The second-order valence-electron chi connectivity index (χ2n) is 11.7. The number of anilines is 1. The van der Waals surface area contributed by atoms with E-state index in [9.17, 15) is 26.4 Å². The van der Waals surface area contributed by atoms with E-state index >= 15 is 0 Å². The lowest BCUT2D eigenvalue weighted by Crippen LogP contribution is -2.54. The summed E-state index contributed by atoms with van der Waals surface area (Å²) in [6, 6.07) is 10.5. The van der Waals surface area contributed by atoms with Gasteiger partial charge in [-0.2, -0.15) is 13.2 Å². The van der Waals surface area contributed by atoms with E-state index in [1.54, 1.807) is 12.1 Å². The molecule has 2 unspecified atom stereocenters. The Balaban J connectivity index is 1.44. The highest BCUT2D eigenvalue weighted by Crippen LogP contribution is 2.36. The van der Waals surface area contributed by atoms with Crippen LogP contribution < -0.4 is 20.3 Å². The van der Waals surface area contributed by atoms with Gasteiger partial charge in [0, 0.05) is 72.5 Å². The Labute approximate surface area is 258 Å². The van der Waals surface area contributed by atoms with Crippen LogP contribution in [0, 0.1) is 0 Å². The van der Waals surface area contributed by atoms with Gasteiger partial charge in [-0.05, 0) is 43.7 Å². The summed E-state index contributed by atoms with van der Waals surface area (Å²) in [6.45, 7) is 4.89. The molecule has 0 bridgehead atoms. The molecular weight excluding hydrogens is 597 g/mol. The van der Waals surface area contributed by atoms with Crippen molar-refractivity contribution in [3.8, 4) is 5.75 Å². The first kappa shape index (κ1) is 34.0. The molecule has 44 heavy (non-hydrogen) atoms. The van der Waals surface area contributed by atoms with Crippen molar-refractivity contribution in [2.24, 2.45) is 0 Å². The van der Waals surface area contributed by atoms with E-state index in [1.807, 2.05) is 30.1 Å². The summed E-state index contributed by atoms with van der Waals surface area (Å²) < 4.78 is 74.0. The molecule has 0 aliphatic carbocycles. The molecule has 0 spiro atoms. The van der Waals surface area contributed by atoms with Gasteiger partial charge in [0.05, 0.1) is 5.69 Å². The number of hydrogen-bond acceptors (Lipinski definition) is 8. The predicted molar refractivity (Wildman–Crippen MR) is 163 cm³/mol. The number of sulfonamides is 1. The third kappa shape index (κ3) is 8.62. The van der Waals surface area contributed by atoms with Gasteiger partial charge in [0.25, 0.3) is 5.91 Å². The number of nitrogens with one attached hydrogen (secondary N) is 2. The summed E-state index contributed by atoms with van der Waals surface area (Å²) in [6.07, 6.45) is -3.65. The Morgan fingerprint density at radius 3 is 2.36 bits per heavy atom. The molecule has 2 aromatic rings. The van der Waals surface area contributed by atoms with Gasteiger partial charge < -0.3 is 25.2 Å². The quantitative estimate of drug-likeness (QED) is 0.365. The van der Waals surface area contributed by atoms with Crippen molar-refractivity contribution in [2.45, 2.75) is 43.0 Å². The van der Waals surface area contributed by atoms with Crippen LogP contribution in [0.4, 0.5) is 18.9 Å². The molecule has 0 saturated carbocycles. The highest BCUT2D eigenvalue weighted by atomic mass is 32.2. The number of amides is 1. The molecule has 10 nitrogen and oxygen atoms in total. The number of carbonyl (C=O) groups excluding carboxylic acids is 1. The van der Waals surface area contributed by atoms with Crippen LogP contribution in [-0.4, -0.2) is 120 Å². The van der Waals surface area contributed by atoms with Gasteiger partial charge in [-0.25, -0.2) is 12.7 Å². The monoisotopic (exact) mass is 640 g/mol. The zero-order valence-electron chi connectivity index (χ0n) is 25.7. The van der Waals surface area contributed by atoms with Crippen molar-refractivity contribution in [1.82, 2.24) is 24.7 Å². The van der Waals surface area contributed by atoms with Crippen molar-refractivity contribution >= 4 is 21.6 Å². The van der Waals surface area contributed by atoms with Crippen LogP contribution in [0.2, 0.25) is 0 Å². The molecule has 1 saturated heterocycles. The Hall–Kier alpha value is -2.91. The summed E-state index contributed by atoms with van der Waals surface area (Å²) >= 11 is 0. The number of alkyl halides is 3. The second-order valence-corrected chi connectivity index (χ2v) is 13.7. The first-order valence-electron chi connectivity index (χ1n) is 14.8. The van der Waals surface area contributed by atoms with Gasteiger partial charge in [0.2, 0.25) is 10.0 Å². The number of nitrogens with zero attached hydrogens (tertiary/aromatic N) is 4. The summed E-state index contributed by atoms with van der Waals surface area (Å²) in [5, 5.41) is 5.32. The Morgan fingerprint density at radius 2 is 1.70 bits per heavy atom. The van der Waals surface area contributed by atoms with Crippen molar-refractivity contribution < 1.29 is 31.1 Å². The van der Waals surface area contributed by atoms with Crippen LogP contribution in [0.1, 0.15) is 18.1 Å². The molecule has 0 radical (unpaired) electrons. The number of piperazine rings is 1. The highest BCUT2D eigenvalue weighted by molar-refractivity contribution is 7.89. The molecule has 1 fully saturated rings. The van der Waals surface area contributed by atoms with E-state index < -0.39 is 40.8 Å². The number of rotatable bonds is 12. The SMILES string of the molecule is CC(NC(CNC(=O)COc1cccc(N2CCN(C)CC2)c1S(=O)(=O)N(C)C)CN1CCc2ccccc2C1)C(F)(F)F. The standard InChI is InChI=1S/C30H43F3N6O4S/c1-22(30(31,32)33)35-25(20-38-13-12-23-8-5-6-9-24(23)19-38)18-34-28(40)21-43-27-11-7-10-26(29(27)44(41,42)36(2)3)39-16-14-37(4)15-17-39/h5-11,22,25,35H,12-21H2,1-4H3,(H,34,40). The molecule has 244 valence electrons. The maximum Gasteiger partial charge on any atom is 0.403 e. The fraction of sp³-hybridized carbons (Fsp3) is 0.567. The number of halogens is 3. The molecule has 2 atom stereocenters. The maximum atomic E-state index is 13.4. The number of hydrogen-bond donors (Lipinski definition) is 2. The smallest absolute Gasteiger partial charge is 0.403 e. The number of likely N-dealkylation sites (N-methyl/N-ethyl adjacent to an activating group) is 1. The number of fused-ring (bicyclic) bond motifs is 1. The van der Waals surface area contributed by atoms with E-state index in [2.05, 4.69) is 26.5 Å². The second kappa shape index (κ2) is 14.5. The Bertz CT molecular complexity index is 1380. The lowest BCUT2D eigenvalue weighted by molar-refractivity contribution is -0.153. The minimum atomic E-state index is -4.44. The van der Waals surface area contributed by atoms with Crippen LogP contribution >= 0.6 is 0 Å². The fourth-order valence-corrected chi connectivity index (χ4v) is 6.64. The molecule has 2 aliphatic rings. The number of benzene rings is 2. The number of ether oxygens (including phenoxy) is 1. The lowest BCUT2D eigenvalue weighted by atomic mass is 9.99. The minimum absolute atomic E-state index is 0.0220. The first-order chi connectivity index (χ1) is 20.8. The summed E-state index contributed by atoms with van der Waals surface area (Å²) in [7, 11) is 0.928. The van der Waals surface area contributed by atoms with Gasteiger partial charge in [-0.1, -0.05) is 30.3 Å². The van der Waals surface area contributed by atoms with E-state index in [0.717, 1.165) is 36.3 Å². The van der Waals surface area contributed by atoms with E-state index in [1.165, 1.54) is 25.7 Å². The van der Waals surface area contributed by atoms with E-state index in [0.29, 0.717) is 38.4 Å². The topological polar surface area (TPSA) is 97.5 Å². The molecular formula is C30H43F3N6O4S. The molecule has 14 heteroatoms. The zero-order valence-corrected chi connectivity index (χ0v) is 26.5. The molecule has 0 aromatic heterocycles. The van der Waals surface area contributed by atoms with Crippen molar-refractivity contribution in [3.63, 3.8) is 0 Å². The summed E-state index contributed by atoms with van der Waals surface area (Å²) in [5.41, 5.74) is 2.87. The van der Waals surface area contributed by atoms with E-state index in [4.69, 9.17) is 4.74 Å². The number of carbonyl (C=O) groups is 1. The molecule has 2 aromatic carbocycles. The van der Waals surface area contributed by atoms with Crippen molar-refractivity contribution in [1.29, 1.82) is 0 Å². The van der Waals surface area contributed by atoms with Crippen molar-refractivity contribution in [3.05, 3.63) is 53.6 Å². The summed E-state index contributed by atoms with van der Waals surface area (Å²) in [5.74, 6) is -0.531. The Morgan fingerprint density at radius 1 is 1.02 bits per heavy atom. The maximum absolute atomic E-state index is 13.4. The average molecular weight is 641 g/mol.